The molecule has 0 N–H and O–H groups in total. The van der Waals surface area contributed by atoms with Crippen LogP contribution in [0.1, 0.15) is 43.7 Å². The molecule has 1 amide bonds. The van der Waals surface area contributed by atoms with Gasteiger partial charge in [-0.15, -0.1) is 0 Å². The van der Waals surface area contributed by atoms with Gasteiger partial charge in [-0.2, -0.15) is 0 Å². The molecule has 20 heavy (non-hydrogen) atoms. The average Bonchev–Trinajstić information content (AvgIpc) is 3.01. The highest BCUT2D eigenvalue weighted by atomic mass is 79.9. The first-order chi connectivity index (χ1) is 9.75. The summed E-state index contributed by atoms with van der Waals surface area (Å²) in [4.78, 5) is 14.7. The Balaban J connectivity index is 1.81. The SMILES string of the molecule is O=C(C1CCCO1)N1CCCCC1c1cccc(Br)c1. The Kier molecular flexibility index (Phi) is 4.41. The molecule has 2 heterocycles. The van der Waals surface area contributed by atoms with Crippen LogP contribution in [0.5, 0.6) is 0 Å². The summed E-state index contributed by atoms with van der Waals surface area (Å²) >= 11 is 3.52. The van der Waals surface area contributed by atoms with Crippen LogP contribution < -0.4 is 0 Å². The molecule has 3 rings (SSSR count). The molecule has 1 aromatic carbocycles. The van der Waals surface area contributed by atoms with E-state index in [0.717, 1.165) is 43.3 Å². The zero-order valence-electron chi connectivity index (χ0n) is 11.6. The summed E-state index contributed by atoms with van der Waals surface area (Å²) in [6, 6.07) is 8.53. The lowest BCUT2D eigenvalue weighted by atomic mass is 9.94. The average molecular weight is 338 g/mol. The maximum atomic E-state index is 12.7. The number of hydrogen-bond donors (Lipinski definition) is 0. The van der Waals surface area contributed by atoms with Crippen molar-refractivity contribution in [1.29, 1.82) is 0 Å². The summed E-state index contributed by atoms with van der Waals surface area (Å²) in [7, 11) is 0. The fourth-order valence-corrected chi connectivity index (χ4v) is 3.63. The van der Waals surface area contributed by atoms with E-state index >= 15 is 0 Å². The second kappa shape index (κ2) is 6.27. The molecule has 0 saturated carbocycles. The van der Waals surface area contributed by atoms with E-state index in [1.165, 1.54) is 12.0 Å². The highest BCUT2D eigenvalue weighted by molar-refractivity contribution is 9.10. The van der Waals surface area contributed by atoms with E-state index in [1.807, 2.05) is 17.0 Å². The van der Waals surface area contributed by atoms with Gasteiger partial charge in [-0.3, -0.25) is 4.79 Å². The standard InChI is InChI=1S/C16H20BrNO2/c17-13-6-3-5-12(11-13)14-7-1-2-9-18(14)16(19)15-8-4-10-20-15/h3,5-6,11,14-15H,1-2,4,7-10H2. The van der Waals surface area contributed by atoms with Gasteiger partial charge in [-0.25, -0.2) is 0 Å². The van der Waals surface area contributed by atoms with E-state index in [4.69, 9.17) is 4.74 Å². The van der Waals surface area contributed by atoms with Crippen molar-refractivity contribution in [2.45, 2.75) is 44.2 Å². The molecular weight excluding hydrogens is 318 g/mol. The third kappa shape index (κ3) is 2.91. The van der Waals surface area contributed by atoms with Gasteiger partial charge in [0.15, 0.2) is 0 Å². The number of halogens is 1. The van der Waals surface area contributed by atoms with Crippen LogP contribution in [0, 0.1) is 0 Å². The van der Waals surface area contributed by atoms with Gasteiger partial charge in [0.05, 0.1) is 6.04 Å². The quantitative estimate of drug-likeness (QED) is 0.823. The molecule has 2 unspecified atom stereocenters. The second-order valence-electron chi connectivity index (χ2n) is 5.60. The molecule has 2 fully saturated rings. The highest BCUT2D eigenvalue weighted by Crippen LogP contribution is 2.33. The van der Waals surface area contributed by atoms with E-state index in [-0.39, 0.29) is 18.1 Å². The van der Waals surface area contributed by atoms with Gasteiger partial charge in [0.1, 0.15) is 6.10 Å². The fourth-order valence-electron chi connectivity index (χ4n) is 3.21. The topological polar surface area (TPSA) is 29.5 Å². The van der Waals surface area contributed by atoms with Gasteiger partial charge in [-0.1, -0.05) is 28.1 Å². The lowest BCUT2D eigenvalue weighted by Gasteiger charge is -2.37. The Labute approximate surface area is 128 Å². The molecule has 0 aromatic heterocycles. The van der Waals surface area contributed by atoms with Crippen LogP contribution >= 0.6 is 15.9 Å². The van der Waals surface area contributed by atoms with Crippen molar-refractivity contribution < 1.29 is 9.53 Å². The van der Waals surface area contributed by atoms with E-state index in [0.29, 0.717) is 0 Å². The normalized spacial score (nSPS) is 26.8. The zero-order chi connectivity index (χ0) is 13.9. The number of amides is 1. The summed E-state index contributed by atoms with van der Waals surface area (Å²) < 4.78 is 6.65. The van der Waals surface area contributed by atoms with Gasteiger partial charge in [0.25, 0.3) is 5.91 Å². The first-order valence-electron chi connectivity index (χ1n) is 7.43. The number of likely N-dealkylation sites (tertiary alicyclic amines) is 1. The smallest absolute Gasteiger partial charge is 0.252 e. The predicted molar refractivity (Wildman–Crippen MR) is 81.4 cm³/mol. The Bertz CT molecular complexity index is 485. The van der Waals surface area contributed by atoms with E-state index in [1.54, 1.807) is 0 Å². The van der Waals surface area contributed by atoms with Crippen molar-refractivity contribution in [3.8, 4) is 0 Å². The molecule has 0 bridgehead atoms. The maximum absolute atomic E-state index is 12.7. The van der Waals surface area contributed by atoms with E-state index in [2.05, 4.69) is 28.1 Å². The van der Waals surface area contributed by atoms with Crippen molar-refractivity contribution in [1.82, 2.24) is 4.90 Å². The predicted octanol–water partition coefficient (Wildman–Crippen LogP) is 3.68. The molecule has 2 atom stereocenters. The molecule has 2 aliphatic heterocycles. The number of ether oxygens (including phenoxy) is 1. The number of hydrogen-bond acceptors (Lipinski definition) is 2. The summed E-state index contributed by atoms with van der Waals surface area (Å²) in [5.74, 6) is 0.187. The second-order valence-corrected chi connectivity index (χ2v) is 6.52. The summed E-state index contributed by atoms with van der Waals surface area (Å²) in [5, 5.41) is 0. The zero-order valence-corrected chi connectivity index (χ0v) is 13.1. The van der Waals surface area contributed by atoms with Crippen molar-refractivity contribution in [2.24, 2.45) is 0 Å². The molecule has 2 aliphatic rings. The van der Waals surface area contributed by atoms with Crippen molar-refractivity contribution in [2.75, 3.05) is 13.2 Å². The monoisotopic (exact) mass is 337 g/mol. The van der Waals surface area contributed by atoms with Gasteiger partial charge < -0.3 is 9.64 Å². The third-order valence-electron chi connectivity index (χ3n) is 4.22. The van der Waals surface area contributed by atoms with Crippen molar-refractivity contribution in [3.05, 3.63) is 34.3 Å². The first-order valence-corrected chi connectivity index (χ1v) is 8.22. The van der Waals surface area contributed by atoms with Crippen LogP contribution in [0.15, 0.2) is 28.7 Å². The summed E-state index contributed by atoms with van der Waals surface area (Å²) in [6.07, 6.45) is 5.01. The molecule has 0 aliphatic carbocycles. The number of carbonyl (C=O) groups excluding carboxylic acids is 1. The minimum atomic E-state index is -0.206. The van der Waals surface area contributed by atoms with Crippen LogP contribution in [0.4, 0.5) is 0 Å². The van der Waals surface area contributed by atoms with Crippen LogP contribution in [0.2, 0.25) is 0 Å². The molecule has 0 radical (unpaired) electrons. The van der Waals surface area contributed by atoms with Crippen LogP contribution in [0.3, 0.4) is 0 Å². The largest absolute Gasteiger partial charge is 0.368 e. The van der Waals surface area contributed by atoms with Gasteiger partial charge >= 0.3 is 0 Å². The number of carbonyl (C=O) groups is 1. The third-order valence-corrected chi connectivity index (χ3v) is 4.72. The minimum absolute atomic E-state index is 0.187. The molecule has 4 heteroatoms. The van der Waals surface area contributed by atoms with Crippen molar-refractivity contribution in [3.63, 3.8) is 0 Å². The molecule has 2 saturated heterocycles. The molecular formula is C16H20BrNO2. The lowest BCUT2D eigenvalue weighted by molar-refractivity contribution is -0.145. The number of rotatable bonds is 2. The molecule has 1 aromatic rings. The molecule has 3 nitrogen and oxygen atoms in total. The van der Waals surface area contributed by atoms with Crippen LogP contribution in [-0.4, -0.2) is 30.1 Å². The summed E-state index contributed by atoms with van der Waals surface area (Å²) in [6.45, 7) is 1.58. The first kappa shape index (κ1) is 14.1. The minimum Gasteiger partial charge on any atom is -0.368 e. The van der Waals surface area contributed by atoms with Gasteiger partial charge in [0, 0.05) is 17.6 Å². The Morgan fingerprint density at radius 1 is 1.25 bits per heavy atom. The van der Waals surface area contributed by atoms with Gasteiger partial charge in [0.2, 0.25) is 0 Å². The number of piperidine rings is 1. The van der Waals surface area contributed by atoms with Crippen LogP contribution in [-0.2, 0) is 9.53 Å². The Morgan fingerprint density at radius 2 is 2.15 bits per heavy atom. The molecule has 108 valence electrons. The molecule has 0 spiro atoms. The number of benzene rings is 1. The van der Waals surface area contributed by atoms with Crippen molar-refractivity contribution >= 4 is 21.8 Å². The Morgan fingerprint density at radius 3 is 2.90 bits per heavy atom. The Hall–Kier alpha value is -0.870. The van der Waals surface area contributed by atoms with E-state index < -0.39 is 0 Å². The van der Waals surface area contributed by atoms with Crippen LogP contribution in [0.25, 0.3) is 0 Å². The van der Waals surface area contributed by atoms with Gasteiger partial charge in [-0.05, 0) is 49.8 Å². The lowest BCUT2D eigenvalue weighted by Crippen LogP contribution is -2.43. The summed E-state index contributed by atoms with van der Waals surface area (Å²) in [5.41, 5.74) is 1.23. The highest BCUT2D eigenvalue weighted by Gasteiger charge is 2.34. The number of nitrogens with zero attached hydrogens (tertiary/aromatic N) is 1. The maximum Gasteiger partial charge on any atom is 0.252 e. The fraction of sp³-hybridized carbons (Fsp3) is 0.562. The van der Waals surface area contributed by atoms with E-state index in [9.17, 15) is 4.79 Å².